The first-order valence-electron chi connectivity index (χ1n) is 7.88. The lowest BCUT2D eigenvalue weighted by Crippen LogP contribution is -2.49. The number of hydrogen-bond donors (Lipinski definition) is 1. The third kappa shape index (κ3) is 2.69. The highest BCUT2D eigenvalue weighted by atomic mass is 32.2. The van der Waals surface area contributed by atoms with Gasteiger partial charge in [0.25, 0.3) is 0 Å². The number of benzene rings is 1. The molecule has 2 atom stereocenters. The van der Waals surface area contributed by atoms with Crippen molar-refractivity contribution in [1.82, 2.24) is 4.31 Å². The van der Waals surface area contributed by atoms with E-state index in [9.17, 15) is 8.42 Å². The number of nitrogens with two attached hydrogens (primary N) is 1. The van der Waals surface area contributed by atoms with Crippen LogP contribution in [0.5, 0.6) is 0 Å². The predicted molar refractivity (Wildman–Crippen MR) is 84.5 cm³/mol. The number of sulfonamides is 1. The molecule has 5 heteroatoms. The average molecular weight is 308 g/mol. The van der Waals surface area contributed by atoms with E-state index < -0.39 is 10.0 Å². The molecule has 1 aliphatic heterocycles. The van der Waals surface area contributed by atoms with Crippen molar-refractivity contribution in [1.29, 1.82) is 0 Å². The standard InChI is InChI=1S/C16H24N2O2S/c1-12-11-14(17)8-9-16(12)21(19,20)18-10-4-6-13-5-2-3-7-15(13)18/h8-9,11,13,15H,2-7,10,17H2,1H3. The molecule has 3 rings (SSSR count). The van der Waals surface area contributed by atoms with Gasteiger partial charge in [0.2, 0.25) is 10.0 Å². The molecule has 2 N–H and O–H groups in total. The Kier molecular flexibility index (Phi) is 3.97. The number of nitrogens with zero attached hydrogens (tertiary/aromatic N) is 1. The summed E-state index contributed by atoms with van der Waals surface area (Å²) in [5, 5.41) is 0. The first-order chi connectivity index (χ1) is 10.00. The molecule has 0 aromatic heterocycles. The van der Waals surface area contributed by atoms with Crippen LogP contribution in [0.4, 0.5) is 5.69 Å². The van der Waals surface area contributed by atoms with Crippen LogP contribution in [0.2, 0.25) is 0 Å². The summed E-state index contributed by atoms with van der Waals surface area (Å²) in [7, 11) is -3.40. The fourth-order valence-corrected chi connectivity index (χ4v) is 5.93. The Morgan fingerprint density at radius 2 is 1.86 bits per heavy atom. The largest absolute Gasteiger partial charge is 0.399 e. The summed E-state index contributed by atoms with van der Waals surface area (Å²) < 4.78 is 27.9. The molecule has 2 fully saturated rings. The number of hydrogen-bond acceptors (Lipinski definition) is 3. The van der Waals surface area contributed by atoms with Gasteiger partial charge in [0.1, 0.15) is 0 Å². The Balaban J connectivity index is 1.96. The topological polar surface area (TPSA) is 63.4 Å². The van der Waals surface area contributed by atoms with Crippen LogP contribution in [0.15, 0.2) is 23.1 Å². The van der Waals surface area contributed by atoms with Crippen molar-refractivity contribution in [2.75, 3.05) is 12.3 Å². The Labute approximate surface area is 127 Å². The van der Waals surface area contributed by atoms with Crippen molar-refractivity contribution in [2.45, 2.75) is 56.4 Å². The molecular formula is C16H24N2O2S. The monoisotopic (exact) mass is 308 g/mol. The van der Waals surface area contributed by atoms with Crippen LogP contribution in [0.25, 0.3) is 0 Å². The normalized spacial score (nSPS) is 27.3. The fourth-order valence-electron chi connectivity index (χ4n) is 3.97. The van der Waals surface area contributed by atoms with Crippen molar-refractivity contribution >= 4 is 15.7 Å². The highest BCUT2D eigenvalue weighted by Gasteiger charge is 2.40. The Morgan fingerprint density at radius 3 is 2.62 bits per heavy atom. The zero-order chi connectivity index (χ0) is 15.0. The van der Waals surface area contributed by atoms with Gasteiger partial charge in [-0.3, -0.25) is 0 Å². The smallest absolute Gasteiger partial charge is 0.243 e. The number of piperidine rings is 1. The van der Waals surface area contributed by atoms with Crippen molar-refractivity contribution in [3.05, 3.63) is 23.8 Å². The second-order valence-electron chi connectivity index (χ2n) is 6.39. The molecule has 2 aliphatic rings. The molecule has 1 saturated carbocycles. The molecule has 21 heavy (non-hydrogen) atoms. The summed E-state index contributed by atoms with van der Waals surface area (Å²) in [4.78, 5) is 0.419. The summed E-state index contributed by atoms with van der Waals surface area (Å²) >= 11 is 0. The van der Waals surface area contributed by atoms with Gasteiger partial charge in [0, 0.05) is 18.3 Å². The minimum Gasteiger partial charge on any atom is -0.399 e. The third-order valence-electron chi connectivity index (χ3n) is 4.98. The van der Waals surface area contributed by atoms with E-state index in [1.165, 1.54) is 19.3 Å². The molecule has 1 saturated heterocycles. The summed E-state index contributed by atoms with van der Waals surface area (Å²) in [6, 6.07) is 5.29. The Bertz CT molecular complexity index is 625. The molecule has 0 spiro atoms. The number of fused-ring (bicyclic) bond motifs is 1. The van der Waals surface area contributed by atoms with E-state index in [0.29, 0.717) is 23.0 Å². The average Bonchev–Trinajstić information content (AvgIpc) is 2.46. The summed E-state index contributed by atoms with van der Waals surface area (Å²) in [5.41, 5.74) is 7.10. The maximum absolute atomic E-state index is 13.1. The summed E-state index contributed by atoms with van der Waals surface area (Å²) in [6.45, 7) is 2.48. The highest BCUT2D eigenvalue weighted by molar-refractivity contribution is 7.89. The third-order valence-corrected chi connectivity index (χ3v) is 7.06. The molecule has 1 aromatic carbocycles. The second kappa shape index (κ2) is 5.61. The van der Waals surface area contributed by atoms with E-state index in [1.807, 2.05) is 6.92 Å². The van der Waals surface area contributed by atoms with E-state index in [-0.39, 0.29) is 6.04 Å². The van der Waals surface area contributed by atoms with Crippen LogP contribution in [0.1, 0.15) is 44.1 Å². The number of rotatable bonds is 2. The van der Waals surface area contributed by atoms with Gasteiger partial charge in [-0.1, -0.05) is 12.8 Å². The van der Waals surface area contributed by atoms with Gasteiger partial charge in [0.15, 0.2) is 0 Å². The highest BCUT2D eigenvalue weighted by Crippen LogP contribution is 2.38. The molecule has 0 bridgehead atoms. The zero-order valence-electron chi connectivity index (χ0n) is 12.6. The maximum Gasteiger partial charge on any atom is 0.243 e. The van der Waals surface area contributed by atoms with E-state index in [0.717, 1.165) is 24.8 Å². The van der Waals surface area contributed by atoms with Crippen LogP contribution in [-0.2, 0) is 10.0 Å². The quantitative estimate of drug-likeness (QED) is 0.854. The maximum atomic E-state index is 13.1. The lowest BCUT2D eigenvalue weighted by atomic mass is 9.79. The summed E-state index contributed by atoms with van der Waals surface area (Å²) in [6.07, 6.45) is 6.74. The van der Waals surface area contributed by atoms with Gasteiger partial charge in [0.05, 0.1) is 4.90 Å². The first-order valence-corrected chi connectivity index (χ1v) is 9.32. The van der Waals surface area contributed by atoms with Crippen LogP contribution in [0.3, 0.4) is 0 Å². The lowest BCUT2D eigenvalue weighted by Gasteiger charge is -2.43. The summed E-state index contributed by atoms with van der Waals surface area (Å²) in [5.74, 6) is 0.552. The second-order valence-corrected chi connectivity index (χ2v) is 8.25. The molecule has 4 nitrogen and oxygen atoms in total. The molecule has 0 amide bonds. The predicted octanol–water partition coefficient (Wildman–Crippen LogP) is 2.92. The first kappa shape index (κ1) is 14.9. The molecule has 1 heterocycles. The van der Waals surface area contributed by atoms with Gasteiger partial charge in [-0.2, -0.15) is 4.31 Å². The number of anilines is 1. The van der Waals surface area contributed by atoms with Gasteiger partial charge >= 0.3 is 0 Å². The van der Waals surface area contributed by atoms with E-state index in [1.54, 1.807) is 22.5 Å². The van der Waals surface area contributed by atoms with Crippen LogP contribution < -0.4 is 5.73 Å². The zero-order valence-corrected chi connectivity index (χ0v) is 13.4. The van der Waals surface area contributed by atoms with Crippen molar-refractivity contribution in [3.63, 3.8) is 0 Å². The molecule has 0 radical (unpaired) electrons. The van der Waals surface area contributed by atoms with E-state index in [2.05, 4.69) is 0 Å². The van der Waals surface area contributed by atoms with Crippen molar-refractivity contribution in [3.8, 4) is 0 Å². The molecule has 1 aliphatic carbocycles. The van der Waals surface area contributed by atoms with Gasteiger partial charge in [-0.25, -0.2) is 8.42 Å². The van der Waals surface area contributed by atoms with Gasteiger partial charge < -0.3 is 5.73 Å². The minimum absolute atomic E-state index is 0.203. The lowest BCUT2D eigenvalue weighted by molar-refractivity contribution is 0.129. The van der Waals surface area contributed by atoms with Crippen LogP contribution >= 0.6 is 0 Å². The number of aryl methyl sites for hydroxylation is 1. The molecule has 1 aromatic rings. The van der Waals surface area contributed by atoms with E-state index >= 15 is 0 Å². The van der Waals surface area contributed by atoms with Crippen LogP contribution in [-0.4, -0.2) is 25.3 Å². The van der Waals surface area contributed by atoms with E-state index in [4.69, 9.17) is 5.73 Å². The van der Waals surface area contributed by atoms with Gasteiger partial charge in [-0.15, -0.1) is 0 Å². The Morgan fingerprint density at radius 1 is 1.14 bits per heavy atom. The van der Waals surface area contributed by atoms with Crippen molar-refractivity contribution in [2.24, 2.45) is 5.92 Å². The minimum atomic E-state index is -3.40. The van der Waals surface area contributed by atoms with Gasteiger partial charge in [-0.05, 0) is 62.3 Å². The SMILES string of the molecule is Cc1cc(N)ccc1S(=O)(=O)N1CCCC2CCCCC21. The molecular weight excluding hydrogens is 284 g/mol. The molecule has 2 unspecified atom stereocenters. The van der Waals surface area contributed by atoms with Crippen LogP contribution in [0, 0.1) is 12.8 Å². The number of nitrogen functional groups attached to an aromatic ring is 1. The van der Waals surface area contributed by atoms with Crippen molar-refractivity contribution < 1.29 is 8.42 Å². The Hall–Kier alpha value is -1.07. The molecule has 116 valence electrons. The fraction of sp³-hybridized carbons (Fsp3) is 0.625.